The first-order valence-corrected chi connectivity index (χ1v) is 4.88. The summed E-state index contributed by atoms with van der Waals surface area (Å²) >= 11 is 0. The third kappa shape index (κ3) is 1.95. The topological polar surface area (TPSA) is 55.4 Å². The van der Waals surface area contributed by atoms with E-state index in [0.29, 0.717) is 11.3 Å². The van der Waals surface area contributed by atoms with Crippen LogP contribution in [0.5, 0.6) is 5.75 Å². The summed E-state index contributed by atoms with van der Waals surface area (Å²) in [5, 5.41) is 2.24. The Labute approximate surface area is 92.9 Å². The number of rotatable bonds is 2. The first kappa shape index (κ1) is 10.4. The van der Waals surface area contributed by atoms with Crippen molar-refractivity contribution in [3.63, 3.8) is 0 Å². The highest BCUT2D eigenvalue weighted by Gasteiger charge is 2.23. The fourth-order valence-corrected chi connectivity index (χ4v) is 1.59. The molecule has 1 aromatic rings. The van der Waals surface area contributed by atoms with Crippen molar-refractivity contribution in [3.05, 3.63) is 35.4 Å². The predicted molar refractivity (Wildman–Crippen MR) is 58.7 cm³/mol. The minimum Gasteiger partial charge on any atom is -0.496 e. The van der Waals surface area contributed by atoms with E-state index in [1.165, 1.54) is 0 Å². The van der Waals surface area contributed by atoms with Crippen molar-refractivity contribution in [2.24, 2.45) is 0 Å². The van der Waals surface area contributed by atoms with E-state index in [1.54, 1.807) is 19.3 Å². The number of para-hydroxylation sites is 1. The van der Waals surface area contributed by atoms with Gasteiger partial charge in [0.1, 0.15) is 5.75 Å². The summed E-state index contributed by atoms with van der Waals surface area (Å²) in [6.45, 7) is 0. The molecule has 0 saturated carbocycles. The molecule has 1 N–H and O–H groups in total. The van der Waals surface area contributed by atoms with Gasteiger partial charge in [-0.15, -0.1) is 0 Å². The number of nitrogens with one attached hydrogen (secondary N) is 1. The normalized spacial score (nSPS) is 17.7. The molecule has 1 heterocycles. The quantitative estimate of drug-likeness (QED) is 0.596. The number of imide groups is 1. The molecule has 0 unspecified atom stereocenters. The van der Waals surface area contributed by atoms with Crippen molar-refractivity contribution in [1.29, 1.82) is 0 Å². The highest BCUT2D eigenvalue weighted by atomic mass is 16.5. The predicted octanol–water partition coefficient (Wildman–Crippen LogP) is 1.13. The van der Waals surface area contributed by atoms with Crippen LogP contribution in [0, 0.1) is 0 Å². The van der Waals surface area contributed by atoms with Gasteiger partial charge < -0.3 is 4.74 Å². The van der Waals surface area contributed by atoms with Crippen molar-refractivity contribution < 1.29 is 14.3 Å². The highest BCUT2D eigenvalue weighted by molar-refractivity contribution is 6.15. The van der Waals surface area contributed by atoms with Gasteiger partial charge in [-0.3, -0.25) is 14.9 Å². The van der Waals surface area contributed by atoms with E-state index in [2.05, 4.69) is 5.32 Å². The maximum atomic E-state index is 11.3. The smallest absolute Gasteiger partial charge is 0.254 e. The van der Waals surface area contributed by atoms with Gasteiger partial charge in [-0.05, 0) is 12.1 Å². The molecule has 4 heteroatoms. The Morgan fingerprint density at radius 1 is 1.31 bits per heavy atom. The van der Waals surface area contributed by atoms with Gasteiger partial charge in [-0.2, -0.15) is 0 Å². The lowest BCUT2D eigenvalue weighted by molar-refractivity contribution is -0.124. The molecule has 1 aliphatic heterocycles. The van der Waals surface area contributed by atoms with Gasteiger partial charge in [0.15, 0.2) is 0 Å². The van der Waals surface area contributed by atoms with Crippen LogP contribution in [-0.2, 0) is 9.59 Å². The lowest BCUT2D eigenvalue weighted by Gasteiger charge is -2.03. The van der Waals surface area contributed by atoms with E-state index in [-0.39, 0.29) is 18.2 Å². The second kappa shape index (κ2) is 4.18. The van der Waals surface area contributed by atoms with Crippen molar-refractivity contribution in [1.82, 2.24) is 5.32 Å². The molecule has 1 fully saturated rings. The van der Waals surface area contributed by atoms with E-state index in [0.717, 1.165) is 5.56 Å². The number of benzene rings is 1. The van der Waals surface area contributed by atoms with Crippen LogP contribution in [0.3, 0.4) is 0 Å². The van der Waals surface area contributed by atoms with Gasteiger partial charge in [0.25, 0.3) is 5.91 Å². The molecular formula is C12H11NO3. The summed E-state index contributed by atoms with van der Waals surface area (Å²) in [5.41, 5.74) is 1.26. The number of hydrogen-bond acceptors (Lipinski definition) is 3. The summed E-state index contributed by atoms with van der Waals surface area (Å²) in [5.74, 6) is 0.101. The Balaban J connectivity index is 2.36. The van der Waals surface area contributed by atoms with Gasteiger partial charge in [-0.1, -0.05) is 18.2 Å². The second-order valence-corrected chi connectivity index (χ2v) is 3.47. The third-order valence-electron chi connectivity index (χ3n) is 2.36. The van der Waals surface area contributed by atoms with Gasteiger partial charge in [0.05, 0.1) is 13.5 Å². The van der Waals surface area contributed by atoms with E-state index in [1.807, 2.05) is 18.2 Å². The highest BCUT2D eigenvalue weighted by Crippen LogP contribution is 2.22. The van der Waals surface area contributed by atoms with Gasteiger partial charge in [0.2, 0.25) is 5.91 Å². The summed E-state index contributed by atoms with van der Waals surface area (Å²) in [4.78, 5) is 22.4. The fraction of sp³-hybridized carbons (Fsp3) is 0.167. The van der Waals surface area contributed by atoms with Crippen LogP contribution in [0.25, 0.3) is 6.08 Å². The van der Waals surface area contributed by atoms with Crippen molar-refractivity contribution in [2.45, 2.75) is 6.42 Å². The molecule has 0 bridgehead atoms. The molecular weight excluding hydrogens is 206 g/mol. The molecule has 82 valence electrons. The maximum Gasteiger partial charge on any atom is 0.254 e. The summed E-state index contributed by atoms with van der Waals surface area (Å²) in [6.07, 6.45) is 1.82. The Hall–Kier alpha value is -2.10. The Morgan fingerprint density at radius 3 is 2.69 bits per heavy atom. The van der Waals surface area contributed by atoms with Crippen LogP contribution in [0.15, 0.2) is 29.8 Å². The number of amides is 2. The van der Waals surface area contributed by atoms with Crippen LogP contribution < -0.4 is 10.1 Å². The van der Waals surface area contributed by atoms with E-state index >= 15 is 0 Å². The van der Waals surface area contributed by atoms with E-state index in [9.17, 15) is 9.59 Å². The molecule has 0 atom stereocenters. The first-order chi connectivity index (χ1) is 7.70. The van der Waals surface area contributed by atoms with Crippen LogP contribution >= 0.6 is 0 Å². The molecule has 0 radical (unpaired) electrons. The second-order valence-electron chi connectivity index (χ2n) is 3.47. The molecule has 0 aromatic heterocycles. The zero-order valence-electron chi connectivity index (χ0n) is 8.82. The number of methoxy groups -OCH3 is 1. The lowest BCUT2D eigenvalue weighted by atomic mass is 10.1. The molecule has 1 aromatic carbocycles. The van der Waals surface area contributed by atoms with Crippen LogP contribution in [-0.4, -0.2) is 18.9 Å². The zero-order valence-corrected chi connectivity index (χ0v) is 8.82. The maximum absolute atomic E-state index is 11.3. The summed E-state index contributed by atoms with van der Waals surface area (Å²) in [7, 11) is 1.57. The molecule has 2 amide bonds. The summed E-state index contributed by atoms with van der Waals surface area (Å²) in [6, 6.07) is 7.34. The van der Waals surface area contributed by atoms with Crippen LogP contribution in [0.4, 0.5) is 0 Å². The van der Waals surface area contributed by atoms with Crippen LogP contribution in [0.1, 0.15) is 12.0 Å². The largest absolute Gasteiger partial charge is 0.496 e. The van der Waals surface area contributed by atoms with Crippen molar-refractivity contribution >= 4 is 17.9 Å². The number of ether oxygens (including phenoxy) is 1. The van der Waals surface area contributed by atoms with E-state index < -0.39 is 0 Å². The molecule has 4 nitrogen and oxygen atoms in total. The summed E-state index contributed by atoms with van der Waals surface area (Å²) < 4.78 is 5.16. The molecule has 2 rings (SSSR count). The number of carbonyl (C=O) groups excluding carboxylic acids is 2. The number of hydrogen-bond donors (Lipinski definition) is 1. The molecule has 0 aliphatic carbocycles. The average Bonchev–Trinajstić information content (AvgIpc) is 2.58. The third-order valence-corrected chi connectivity index (χ3v) is 2.36. The Bertz CT molecular complexity index is 477. The molecule has 16 heavy (non-hydrogen) atoms. The van der Waals surface area contributed by atoms with E-state index in [4.69, 9.17) is 4.74 Å². The monoisotopic (exact) mass is 217 g/mol. The Morgan fingerprint density at radius 2 is 2.06 bits per heavy atom. The van der Waals surface area contributed by atoms with Gasteiger partial charge in [0, 0.05) is 11.1 Å². The Kier molecular flexibility index (Phi) is 2.72. The fourth-order valence-electron chi connectivity index (χ4n) is 1.59. The SMILES string of the molecule is COc1ccccc1C=C1CC(=O)NC1=O. The molecule has 1 saturated heterocycles. The van der Waals surface area contributed by atoms with Crippen molar-refractivity contribution in [2.75, 3.05) is 7.11 Å². The zero-order chi connectivity index (χ0) is 11.5. The molecule has 0 spiro atoms. The van der Waals surface area contributed by atoms with Crippen LogP contribution in [0.2, 0.25) is 0 Å². The minimum absolute atomic E-state index is 0.136. The van der Waals surface area contributed by atoms with Crippen molar-refractivity contribution in [3.8, 4) is 5.75 Å². The number of carbonyl (C=O) groups is 2. The standard InChI is InChI=1S/C12H11NO3/c1-16-10-5-3-2-4-8(10)6-9-7-11(14)13-12(9)15/h2-6H,7H2,1H3,(H,13,14,15). The first-order valence-electron chi connectivity index (χ1n) is 4.88. The van der Waals surface area contributed by atoms with Gasteiger partial charge in [-0.25, -0.2) is 0 Å². The minimum atomic E-state index is -0.323. The molecule has 1 aliphatic rings. The average molecular weight is 217 g/mol. The van der Waals surface area contributed by atoms with Gasteiger partial charge >= 0.3 is 0 Å². The lowest BCUT2D eigenvalue weighted by Crippen LogP contribution is -2.19.